The van der Waals surface area contributed by atoms with Crippen molar-refractivity contribution in [1.29, 1.82) is 0 Å². The molecule has 0 aliphatic heterocycles. The molecule has 0 saturated heterocycles. The number of nitrogens with one attached hydrogen (secondary N) is 1. The maximum Gasteiger partial charge on any atom is 0.154 e. The fourth-order valence-electron chi connectivity index (χ4n) is 2.03. The van der Waals surface area contributed by atoms with E-state index in [0.29, 0.717) is 16.6 Å². The van der Waals surface area contributed by atoms with Crippen molar-refractivity contribution < 1.29 is 0 Å². The second-order valence-corrected chi connectivity index (χ2v) is 5.30. The molecule has 3 aromatic rings. The average molecular weight is 307 g/mol. The third-order valence-electron chi connectivity index (χ3n) is 3.09. The van der Waals surface area contributed by atoms with E-state index < -0.39 is 0 Å². The number of aromatic nitrogens is 3. The molecule has 6 heteroatoms. The summed E-state index contributed by atoms with van der Waals surface area (Å²) in [6, 6.07) is 7.50. The number of anilines is 1. The fraction of sp³-hybridized carbons (Fsp3) is 0.143. The van der Waals surface area contributed by atoms with Gasteiger partial charge in [0.1, 0.15) is 5.52 Å². The molecule has 0 aliphatic rings. The zero-order valence-corrected chi connectivity index (χ0v) is 12.3. The number of hydrogen-bond donors (Lipinski definition) is 1. The first-order chi connectivity index (χ1) is 9.65. The van der Waals surface area contributed by atoms with Crippen LogP contribution in [-0.2, 0) is 13.6 Å². The largest absolute Gasteiger partial charge is 0.364 e. The first kappa shape index (κ1) is 13.2. The van der Waals surface area contributed by atoms with E-state index in [4.69, 9.17) is 23.2 Å². The molecular formula is C14H12Cl2N4. The summed E-state index contributed by atoms with van der Waals surface area (Å²) in [5, 5.41) is 4.38. The van der Waals surface area contributed by atoms with Crippen LogP contribution in [-0.4, -0.2) is 14.5 Å². The van der Waals surface area contributed by atoms with E-state index in [1.54, 1.807) is 18.6 Å². The quantitative estimate of drug-likeness (QED) is 0.798. The van der Waals surface area contributed by atoms with Crippen LogP contribution in [0.15, 0.2) is 36.8 Å². The van der Waals surface area contributed by atoms with Crippen molar-refractivity contribution in [2.45, 2.75) is 6.54 Å². The predicted octanol–water partition coefficient (Wildman–Crippen LogP) is 3.89. The van der Waals surface area contributed by atoms with Gasteiger partial charge >= 0.3 is 0 Å². The lowest BCUT2D eigenvalue weighted by molar-refractivity contribution is 0.947. The van der Waals surface area contributed by atoms with Crippen molar-refractivity contribution in [3.8, 4) is 0 Å². The van der Waals surface area contributed by atoms with Crippen LogP contribution in [0.3, 0.4) is 0 Å². The number of aryl methyl sites for hydroxylation is 1. The summed E-state index contributed by atoms with van der Waals surface area (Å²) in [5.41, 5.74) is 2.93. The Morgan fingerprint density at radius 3 is 2.80 bits per heavy atom. The summed E-state index contributed by atoms with van der Waals surface area (Å²) in [6.07, 6.45) is 3.54. The van der Waals surface area contributed by atoms with E-state index in [-0.39, 0.29) is 0 Å². The number of imidazole rings is 1. The third-order valence-corrected chi connectivity index (χ3v) is 3.83. The van der Waals surface area contributed by atoms with Gasteiger partial charge in [0.05, 0.1) is 21.9 Å². The molecule has 0 atom stereocenters. The number of fused-ring (bicyclic) bond motifs is 1. The van der Waals surface area contributed by atoms with E-state index in [1.165, 1.54) is 0 Å². The predicted molar refractivity (Wildman–Crippen MR) is 82.3 cm³/mol. The number of benzene rings is 1. The van der Waals surface area contributed by atoms with Crippen LogP contribution >= 0.6 is 23.2 Å². The Hall–Kier alpha value is -1.78. The molecule has 20 heavy (non-hydrogen) atoms. The Balaban J connectivity index is 1.85. The Morgan fingerprint density at radius 2 is 2.00 bits per heavy atom. The summed E-state index contributed by atoms with van der Waals surface area (Å²) < 4.78 is 1.96. The van der Waals surface area contributed by atoms with Crippen molar-refractivity contribution in [3.63, 3.8) is 0 Å². The highest BCUT2D eigenvalue weighted by Crippen LogP contribution is 2.24. The second-order valence-electron chi connectivity index (χ2n) is 4.48. The van der Waals surface area contributed by atoms with Crippen molar-refractivity contribution in [2.75, 3.05) is 5.32 Å². The van der Waals surface area contributed by atoms with E-state index in [0.717, 1.165) is 22.4 Å². The molecule has 0 radical (unpaired) electrons. The van der Waals surface area contributed by atoms with Crippen molar-refractivity contribution in [2.24, 2.45) is 7.05 Å². The highest BCUT2D eigenvalue weighted by molar-refractivity contribution is 6.42. The Bertz CT molecular complexity index is 767. The summed E-state index contributed by atoms with van der Waals surface area (Å²) >= 11 is 11.9. The molecule has 4 nitrogen and oxygen atoms in total. The highest BCUT2D eigenvalue weighted by Gasteiger charge is 2.07. The molecular weight excluding hydrogens is 295 g/mol. The van der Waals surface area contributed by atoms with Gasteiger partial charge in [-0.25, -0.2) is 9.97 Å². The summed E-state index contributed by atoms with van der Waals surface area (Å²) in [7, 11) is 1.96. The molecule has 2 aromatic heterocycles. The van der Waals surface area contributed by atoms with Crippen LogP contribution in [0, 0.1) is 0 Å². The summed E-state index contributed by atoms with van der Waals surface area (Å²) in [4.78, 5) is 8.68. The summed E-state index contributed by atoms with van der Waals surface area (Å²) in [6.45, 7) is 0.611. The van der Waals surface area contributed by atoms with Gasteiger partial charge in [0, 0.05) is 19.8 Å². The van der Waals surface area contributed by atoms with E-state index >= 15 is 0 Å². The monoisotopic (exact) mass is 306 g/mol. The van der Waals surface area contributed by atoms with Crippen LogP contribution in [0.2, 0.25) is 10.0 Å². The Kier molecular flexibility index (Phi) is 3.51. The molecule has 102 valence electrons. The van der Waals surface area contributed by atoms with Gasteiger partial charge in [-0.1, -0.05) is 29.3 Å². The normalized spacial score (nSPS) is 10.9. The van der Waals surface area contributed by atoms with E-state index in [1.807, 2.05) is 29.8 Å². The van der Waals surface area contributed by atoms with E-state index in [9.17, 15) is 0 Å². The first-order valence-corrected chi connectivity index (χ1v) is 6.84. The second kappa shape index (κ2) is 5.31. The van der Waals surface area contributed by atoms with Gasteiger partial charge in [-0.15, -0.1) is 0 Å². The van der Waals surface area contributed by atoms with Crippen LogP contribution in [0.5, 0.6) is 0 Å². The van der Waals surface area contributed by atoms with Gasteiger partial charge in [0.15, 0.2) is 5.82 Å². The molecule has 0 aliphatic carbocycles. The molecule has 1 aromatic carbocycles. The molecule has 0 spiro atoms. The average Bonchev–Trinajstić information content (AvgIpc) is 2.83. The standard InChI is InChI=1S/C14H12Cl2N4/c1-20-8-19-13-12(20)4-5-17-14(13)18-7-9-2-3-10(15)11(16)6-9/h2-6,8H,7H2,1H3,(H,17,18). The lowest BCUT2D eigenvalue weighted by atomic mass is 10.2. The number of rotatable bonds is 3. The molecule has 0 amide bonds. The minimum atomic E-state index is 0.551. The lowest BCUT2D eigenvalue weighted by Gasteiger charge is -2.07. The Morgan fingerprint density at radius 1 is 1.15 bits per heavy atom. The van der Waals surface area contributed by atoms with Crippen molar-refractivity contribution in [1.82, 2.24) is 14.5 Å². The fourth-order valence-corrected chi connectivity index (χ4v) is 2.35. The molecule has 1 N–H and O–H groups in total. The van der Waals surface area contributed by atoms with Crippen molar-refractivity contribution >= 4 is 40.1 Å². The highest BCUT2D eigenvalue weighted by atomic mass is 35.5. The van der Waals surface area contributed by atoms with Crippen molar-refractivity contribution in [3.05, 3.63) is 52.4 Å². The zero-order chi connectivity index (χ0) is 14.1. The third kappa shape index (κ3) is 2.44. The van der Waals surface area contributed by atoms with Gasteiger partial charge < -0.3 is 9.88 Å². The maximum atomic E-state index is 6.00. The first-order valence-electron chi connectivity index (χ1n) is 6.09. The number of halogens is 2. The molecule has 3 rings (SSSR count). The zero-order valence-electron chi connectivity index (χ0n) is 10.8. The molecule has 2 heterocycles. The van der Waals surface area contributed by atoms with Gasteiger partial charge in [-0.2, -0.15) is 0 Å². The van der Waals surface area contributed by atoms with Gasteiger partial charge in [0.25, 0.3) is 0 Å². The molecule has 0 fully saturated rings. The number of hydrogen-bond acceptors (Lipinski definition) is 3. The van der Waals surface area contributed by atoms with Crippen LogP contribution in [0.25, 0.3) is 11.0 Å². The van der Waals surface area contributed by atoms with Crippen LogP contribution in [0.1, 0.15) is 5.56 Å². The summed E-state index contributed by atoms with van der Waals surface area (Å²) in [5.74, 6) is 0.758. The minimum Gasteiger partial charge on any atom is -0.364 e. The topological polar surface area (TPSA) is 42.7 Å². The number of pyridine rings is 1. The molecule has 0 unspecified atom stereocenters. The number of nitrogens with zero attached hydrogens (tertiary/aromatic N) is 3. The Labute approximate surface area is 126 Å². The van der Waals surface area contributed by atoms with Crippen LogP contribution < -0.4 is 5.32 Å². The van der Waals surface area contributed by atoms with E-state index in [2.05, 4.69) is 15.3 Å². The SMILES string of the molecule is Cn1cnc2c(NCc3ccc(Cl)c(Cl)c3)nccc21. The minimum absolute atomic E-state index is 0.551. The molecule has 0 bridgehead atoms. The lowest BCUT2D eigenvalue weighted by Crippen LogP contribution is -2.02. The van der Waals surface area contributed by atoms with Gasteiger partial charge in [-0.3, -0.25) is 0 Å². The van der Waals surface area contributed by atoms with Gasteiger partial charge in [-0.05, 0) is 23.8 Å². The van der Waals surface area contributed by atoms with Crippen LogP contribution in [0.4, 0.5) is 5.82 Å². The molecule has 0 saturated carbocycles. The van der Waals surface area contributed by atoms with Gasteiger partial charge in [0.2, 0.25) is 0 Å². The smallest absolute Gasteiger partial charge is 0.154 e. The maximum absolute atomic E-state index is 6.00.